The van der Waals surface area contributed by atoms with Crippen molar-refractivity contribution in [3.8, 4) is 0 Å². The fourth-order valence-electron chi connectivity index (χ4n) is 2.42. The van der Waals surface area contributed by atoms with Crippen LogP contribution < -0.4 is 10.9 Å². The van der Waals surface area contributed by atoms with E-state index in [0.717, 1.165) is 16.9 Å². The van der Waals surface area contributed by atoms with Gasteiger partial charge in [-0.1, -0.05) is 41.6 Å². The number of amides is 1. The number of thioether (sulfide) groups is 1. The summed E-state index contributed by atoms with van der Waals surface area (Å²) in [5.41, 5.74) is 2.01. The third kappa shape index (κ3) is 3.71. The van der Waals surface area contributed by atoms with Crippen molar-refractivity contribution in [2.75, 3.05) is 12.3 Å². The predicted octanol–water partition coefficient (Wildman–Crippen LogP) is 2.04. The molecular weight excluding hydrogens is 310 g/mol. The van der Waals surface area contributed by atoms with Crippen LogP contribution in [0.5, 0.6) is 0 Å². The lowest BCUT2D eigenvalue weighted by atomic mass is 10.1. The van der Waals surface area contributed by atoms with Gasteiger partial charge in [-0.15, -0.1) is 0 Å². The van der Waals surface area contributed by atoms with Crippen molar-refractivity contribution in [1.82, 2.24) is 9.88 Å². The number of carbonyl (C=O) groups excluding carboxylic acids is 1. The van der Waals surface area contributed by atoms with E-state index in [2.05, 4.69) is 10.3 Å². The smallest absolute Gasteiger partial charge is 0.263 e. The normalized spacial score (nSPS) is 13.7. The minimum atomic E-state index is -0.401. The van der Waals surface area contributed by atoms with Crippen molar-refractivity contribution in [3.63, 3.8) is 0 Å². The van der Waals surface area contributed by atoms with Gasteiger partial charge in [-0.25, -0.2) is 0 Å². The van der Waals surface area contributed by atoms with E-state index >= 15 is 0 Å². The second-order valence-corrected chi connectivity index (χ2v) is 6.42. The Hall–Kier alpha value is -2.34. The third-order valence-electron chi connectivity index (χ3n) is 3.51. The molecule has 0 atom stereocenters. The quantitative estimate of drug-likeness (QED) is 0.938. The Morgan fingerprint density at radius 2 is 2.22 bits per heavy atom. The molecule has 0 unspecified atom stereocenters. The van der Waals surface area contributed by atoms with Crippen LogP contribution in [-0.4, -0.2) is 27.9 Å². The molecule has 1 aliphatic rings. The Morgan fingerprint density at radius 1 is 1.35 bits per heavy atom. The highest BCUT2D eigenvalue weighted by Gasteiger charge is 2.16. The fraction of sp³-hybridized carbons (Fsp3) is 0.235. The minimum absolute atomic E-state index is 0.135. The maximum absolute atomic E-state index is 12.5. The molecule has 1 aliphatic heterocycles. The molecule has 23 heavy (non-hydrogen) atoms. The van der Waals surface area contributed by atoms with E-state index < -0.39 is 5.91 Å². The van der Waals surface area contributed by atoms with E-state index in [9.17, 15) is 9.59 Å². The lowest BCUT2D eigenvalue weighted by molar-refractivity contribution is 0.0976. The highest BCUT2D eigenvalue weighted by molar-refractivity contribution is 8.14. The van der Waals surface area contributed by atoms with Gasteiger partial charge in [-0.2, -0.15) is 0 Å². The van der Waals surface area contributed by atoms with E-state index in [1.54, 1.807) is 22.9 Å². The first kappa shape index (κ1) is 15.6. The average molecular weight is 327 g/mol. The number of pyridine rings is 1. The summed E-state index contributed by atoms with van der Waals surface area (Å²) in [5.74, 6) is 0.462. The molecule has 2 heterocycles. The van der Waals surface area contributed by atoms with Gasteiger partial charge >= 0.3 is 0 Å². The van der Waals surface area contributed by atoms with Gasteiger partial charge < -0.3 is 9.88 Å². The second-order valence-electron chi connectivity index (χ2n) is 5.33. The van der Waals surface area contributed by atoms with E-state index in [0.29, 0.717) is 18.3 Å². The second kappa shape index (κ2) is 6.83. The number of aryl methyl sites for hydroxylation is 1. The summed E-state index contributed by atoms with van der Waals surface area (Å²) in [7, 11) is 0. The SMILES string of the molecule is Cc1cccc(Cn2cccc(C(=O)NC3=NCCS3)c2=O)c1. The van der Waals surface area contributed by atoms with Gasteiger partial charge in [0.15, 0.2) is 5.17 Å². The zero-order valence-electron chi connectivity index (χ0n) is 12.8. The van der Waals surface area contributed by atoms with Gasteiger partial charge in [0.2, 0.25) is 0 Å². The molecule has 0 radical (unpaired) electrons. The molecule has 0 spiro atoms. The van der Waals surface area contributed by atoms with Gasteiger partial charge in [-0.05, 0) is 24.6 Å². The summed E-state index contributed by atoms with van der Waals surface area (Å²) < 4.78 is 1.55. The molecule has 0 saturated heterocycles. The maximum Gasteiger partial charge on any atom is 0.263 e. The van der Waals surface area contributed by atoms with Crippen LogP contribution in [0, 0.1) is 6.92 Å². The highest BCUT2D eigenvalue weighted by Crippen LogP contribution is 2.09. The Morgan fingerprint density at radius 3 is 2.96 bits per heavy atom. The van der Waals surface area contributed by atoms with Crippen LogP contribution in [0.3, 0.4) is 0 Å². The van der Waals surface area contributed by atoms with E-state index in [1.807, 2.05) is 31.2 Å². The van der Waals surface area contributed by atoms with Crippen LogP contribution >= 0.6 is 11.8 Å². The van der Waals surface area contributed by atoms with Crippen LogP contribution in [0.15, 0.2) is 52.4 Å². The molecule has 6 heteroatoms. The molecule has 0 bridgehead atoms. The molecule has 0 aliphatic carbocycles. The summed E-state index contributed by atoms with van der Waals surface area (Å²) in [6.45, 7) is 3.15. The number of carbonyl (C=O) groups is 1. The molecular formula is C17H17N3O2S. The van der Waals surface area contributed by atoms with Crippen LogP contribution in [-0.2, 0) is 6.54 Å². The lowest BCUT2D eigenvalue weighted by Crippen LogP contribution is -2.34. The van der Waals surface area contributed by atoms with Crippen LogP contribution in [0.2, 0.25) is 0 Å². The van der Waals surface area contributed by atoms with Gasteiger partial charge in [0.1, 0.15) is 5.56 Å². The predicted molar refractivity (Wildman–Crippen MR) is 93.2 cm³/mol. The standard InChI is InChI=1S/C17H17N3O2S/c1-12-4-2-5-13(10-12)11-20-8-3-6-14(16(20)22)15(21)19-17-18-7-9-23-17/h2-6,8,10H,7,9,11H2,1H3,(H,18,19,21). The Kier molecular flexibility index (Phi) is 4.62. The molecule has 2 aromatic rings. The van der Waals surface area contributed by atoms with Crippen molar-refractivity contribution in [2.45, 2.75) is 13.5 Å². The number of amidine groups is 1. The lowest BCUT2D eigenvalue weighted by Gasteiger charge is -2.09. The maximum atomic E-state index is 12.5. The molecule has 0 fully saturated rings. The fourth-order valence-corrected chi connectivity index (χ4v) is 3.14. The zero-order chi connectivity index (χ0) is 16.2. The van der Waals surface area contributed by atoms with E-state index in [4.69, 9.17) is 0 Å². The van der Waals surface area contributed by atoms with Crippen LogP contribution in [0.4, 0.5) is 0 Å². The van der Waals surface area contributed by atoms with Crippen molar-refractivity contribution in [2.24, 2.45) is 4.99 Å². The summed E-state index contributed by atoms with van der Waals surface area (Å²) in [6.07, 6.45) is 1.70. The highest BCUT2D eigenvalue weighted by atomic mass is 32.2. The van der Waals surface area contributed by atoms with Gasteiger partial charge in [0, 0.05) is 11.9 Å². The molecule has 0 saturated carbocycles. The molecule has 118 valence electrons. The van der Waals surface area contributed by atoms with Crippen molar-refractivity contribution in [1.29, 1.82) is 0 Å². The average Bonchev–Trinajstić information content (AvgIpc) is 3.02. The monoisotopic (exact) mass is 327 g/mol. The summed E-state index contributed by atoms with van der Waals surface area (Å²) in [4.78, 5) is 29.0. The first-order valence-electron chi connectivity index (χ1n) is 7.37. The number of aromatic nitrogens is 1. The number of hydrogen-bond donors (Lipinski definition) is 1. The molecule has 3 rings (SSSR count). The summed E-state index contributed by atoms with van der Waals surface area (Å²) >= 11 is 1.49. The number of benzene rings is 1. The van der Waals surface area contributed by atoms with Gasteiger partial charge in [-0.3, -0.25) is 14.6 Å². The number of nitrogens with zero attached hydrogens (tertiary/aromatic N) is 2. The van der Waals surface area contributed by atoms with Crippen molar-refractivity contribution < 1.29 is 4.79 Å². The Balaban J connectivity index is 1.83. The molecule has 5 nitrogen and oxygen atoms in total. The summed E-state index contributed by atoms with van der Waals surface area (Å²) in [6, 6.07) is 11.2. The zero-order valence-corrected chi connectivity index (χ0v) is 13.6. The number of hydrogen-bond acceptors (Lipinski definition) is 4. The molecule has 1 N–H and O–H groups in total. The molecule has 1 amide bonds. The topological polar surface area (TPSA) is 63.5 Å². The molecule has 1 aromatic carbocycles. The first-order chi connectivity index (χ1) is 11.1. The van der Waals surface area contributed by atoms with Crippen LogP contribution in [0.1, 0.15) is 21.5 Å². The van der Waals surface area contributed by atoms with Gasteiger partial charge in [0.25, 0.3) is 11.5 Å². The number of rotatable bonds is 3. The number of nitrogens with one attached hydrogen (secondary N) is 1. The van der Waals surface area contributed by atoms with Gasteiger partial charge in [0.05, 0.1) is 13.1 Å². The Bertz CT molecular complexity index is 827. The van der Waals surface area contributed by atoms with E-state index in [-0.39, 0.29) is 11.1 Å². The minimum Gasteiger partial charge on any atom is -0.310 e. The van der Waals surface area contributed by atoms with Crippen molar-refractivity contribution >= 4 is 22.8 Å². The van der Waals surface area contributed by atoms with E-state index in [1.165, 1.54) is 11.8 Å². The Labute approximate surface area is 138 Å². The van der Waals surface area contributed by atoms with Crippen molar-refractivity contribution in [3.05, 3.63) is 69.6 Å². The summed E-state index contributed by atoms with van der Waals surface area (Å²) in [5, 5.41) is 3.28. The largest absolute Gasteiger partial charge is 0.310 e. The number of aliphatic imine (C=N–C) groups is 1. The first-order valence-corrected chi connectivity index (χ1v) is 8.35. The third-order valence-corrected chi connectivity index (χ3v) is 4.40. The van der Waals surface area contributed by atoms with Crippen LogP contribution in [0.25, 0.3) is 0 Å². The molecule has 1 aromatic heterocycles.